The molecule has 3 atom stereocenters. The Kier molecular flexibility index (Phi) is 3.09. The molecule has 90 valence electrons. The van der Waals surface area contributed by atoms with Crippen LogP contribution in [0.25, 0.3) is 0 Å². The summed E-state index contributed by atoms with van der Waals surface area (Å²) in [5, 5.41) is 0. The van der Waals surface area contributed by atoms with E-state index in [-0.39, 0.29) is 0 Å². The molecule has 1 aromatic rings. The zero-order valence-electron chi connectivity index (χ0n) is 11.2. The van der Waals surface area contributed by atoms with Crippen LogP contribution in [0.15, 0.2) is 0 Å². The lowest BCUT2D eigenvalue weighted by molar-refractivity contribution is 0.355. The maximum Gasteiger partial charge on any atom is 0.109 e. The van der Waals surface area contributed by atoms with Crippen LogP contribution in [-0.2, 0) is 12.8 Å². The highest BCUT2D eigenvalue weighted by molar-refractivity contribution is 5.20. The van der Waals surface area contributed by atoms with Crippen LogP contribution in [0, 0.1) is 17.8 Å². The van der Waals surface area contributed by atoms with Gasteiger partial charge in [-0.1, -0.05) is 34.6 Å². The van der Waals surface area contributed by atoms with Crippen LogP contribution in [0.1, 0.15) is 57.7 Å². The Labute approximate surface area is 98.9 Å². The van der Waals surface area contributed by atoms with Gasteiger partial charge in [0.15, 0.2) is 0 Å². The molecule has 0 aliphatic heterocycles. The predicted octanol–water partition coefficient (Wildman–Crippen LogP) is 3.54. The lowest BCUT2D eigenvalue weighted by atomic mass is 9.82. The molecule has 0 amide bonds. The summed E-state index contributed by atoms with van der Waals surface area (Å²) in [7, 11) is 0. The van der Waals surface area contributed by atoms with Crippen molar-refractivity contribution >= 4 is 0 Å². The van der Waals surface area contributed by atoms with Crippen molar-refractivity contribution in [3.8, 4) is 0 Å². The number of hydrogen-bond donors (Lipinski definition) is 1. The number of nitrogens with one attached hydrogen (secondary N) is 1. The van der Waals surface area contributed by atoms with Crippen LogP contribution in [0.4, 0.5) is 0 Å². The Morgan fingerprint density at radius 3 is 2.38 bits per heavy atom. The average Bonchev–Trinajstić information content (AvgIpc) is 2.60. The maximum atomic E-state index is 4.80. The van der Waals surface area contributed by atoms with Crippen molar-refractivity contribution < 1.29 is 0 Å². The lowest BCUT2D eigenvalue weighted by Gasteiger charge is -2.24. The van der Waals surface area contributed by atoms with Crippen LogP contribution < -0.4 is 0 Å². The van der Waals surface area contributed by atoms with E-state index in [1.165, 1.54) is 23.6 Å². The largest absolute Gasteiger partial charge is 0.345 e. The van der Waals surface area contributed by atoms with E-state index >= 15 is 0 Å². The summed E-state index contributed by atoms with van der Waals surface area (Å²) >= 11 is 0. The number of nitrogens with zero attached hydrogens (tertiary/aromatic N) is 1. The third kappa shape index (κ3) is 2.02. The fourth-order valence-corrected chi connectivity index (χ4v) is 2.37. The van der Waals surface area contributed by atoms with Crippen LogP contribution in [0.2, 0.25) is 0 Å². The summed E-state index contributed by atoms with van der Waals surface area (Å²) in [5.41, 5.74) is 2.72. The number of hydrogen-bond acceptors (Lipinski definition) is 1. The van der Waals surface area contributed by atoms with Crippen LogP contribution >= 0.6 is 0 Å². The van der Waals surface area contributed by atoms with Gasteiger partial charge < -0.3 is 4.98 Å². The fraction of sp³-hybridized carbons (Fsp3) is 0.786. The van der Waals surface area contributed by atoms with Gasteiger partial charge in [-0.2, -0.15) is 0 Å². The van der Waals surface area contributed by atoms with E-state index in [0.29, 0.717) is 11.8 Å². The van der Waals surface area contributed by atoms with E-state index in [0.717, 1.165) is 18.3 Å². The molecule has 16 heavy (non-hydrogen) atoms. The first kappa shape index (κ1) is 11.7. The molecule has 1 aliphatic carbocycles. The van der Waals surface area contributed by atoms with Gasteiger partial charge in [-0.25, -0.2) is 4.98 Å². The van der Waals surface area contributed by atoms with Crippen molar-refractivity contribution in [3.05, 3.63) is 17.2 Å². The van der Waals surface area contributed by atoms with Gasteiger partial charge in [0.25, 0.3) is 0 Å². The number of imidazole rings is 1. The highest BCUT2D eigenvalue weighted by Gasteiger charge is 2.26. The molecular weight excluding hydrogens is 196 g/mol. The van der Waals surface area contributed by atoms with Gasteiger partial charge in [-0.15, -0.1) is 0 Å². The summed E-state index contributed by atoms with van der Waals surface area (Å²) in [6, 6.07) is 0. The molecule has 0 saturated heterocycles. The minimum atomic E-state index is 0.538. The van der Waals surface area contributed by atoms with Crippen molar-refractivity contribution in [1.82, 2.24) is 9.97 Å². The molecule has 0 fully saturated rings. The summed E-state index contributed by atoms with van der Waals surface area (Å²) in [6.07, 6.45) is 2.33. The number of rotatable bonds is 2. The van der Waals surface area contributed by atoms with Crippen molar-refractivity contribution in [1.29, 1.82) is 0 Å². The highest BCUT2D eigenvalue weighted by Crippen LogP contribution is 2.30. The molecule has 2 rings (SSSR count). The molecule has 2 nitrogen and oxygen atoms in total. The van der Waals surface area contributed by atoms with Crippen LogP contribution in [0.3, 0.4) is 0 Å². The van der Waals surface area contributed by atoms with E-state index in [4.69, 9.17) is 4.98 Å². The summed E-state index contributed by atoms with van der Waals surface area (Å²) in [5.74, 6) is 3.95. The molecule has 1 aliphatic rings. The monoisotopic (exact) mass is 220 g/mol. The highest BCUT2D eigenvalue weighted by atomic mass is 14.9. The summed E-state index contributed by atoms with van der Waals surface area (Å²) < 4.78 is 0. The summed E-state index contributed by atoms with van der Waals surface area (Å²) in [4.78, 5) is 8.36. The topological polar surface area (TPSA) is 28.7 Å². The molecule has 0 radical (unpaired) electrons. The Balaban J connectivity index is 2.24. The number of fused-ring (bicyclic) bond motifs is 1. The van der Waals surface area contributed by atoms with E-state index in [9.17, 15) is 0 Å². The van der Waals surface area contributed by atoms with Gasteiger partial charge in [0.1, 0.15) is 5.82 Å². The Morgan fingerprint density at radius 1 is 1.12 bits per heavy atom. The minimum Gasteiger partial charge on any atom is -0.345 e. The predicted molar refractivity (Wildman–Crippen MR) is 67.6 cm³/mol. The van der Waals surface area contributed by atoms with Crippen molar-refractivity contribution in [2.75, 3.05) is 0 Å². The third-order valence-electron chi connectivity index (χ3n) is 4.33. The first-order valence-corrected chi connectivity index (χ1v) is 6.56. The van der Waals surface area contributed by atoms with Crippen LogP contribution in [-0.4, -0.2) is 9.97 Å². The van der Waals surface area contributed by atoms with Gasteiger partial charge in [0, 0.05) is 11.6 Å². The molecule has 1 heterocycles. The maximum absolute atomic E-state index is 4.80. The van der Waals surface area contributed by atoms with Gasteiger partial charge in [-0.05, 0) is 30.6 Å². The van der Waals surface area contributed by atoms with Gasteiger partial charge in [-0.3, -0.25) is 0 Å². The Hall–Kier alpha value is -0.790. The van der Waals surface area contributed by atoms with Crippen molar-refractivity contribution in [2.45, 2.75) is 53.4 Å². The first-order chi connectivity index (χ1) is 7.49. The number of H-pyrrole nitrogens is 1. The minimum absolute atomic E-state index is 0.538. The Bertz CT molecular complexity index is 337. The average molecular weight is 220 g/mol. The third-order valence-corrected chi connectivity index (χ3v) is 4.33. The fourth-order valence-electron chi connectivity index (χ4n) is 2.37. The molecule has 0 bridgehead atoms. The molecule has 1 aromatic heterocycles. The lowest BCUT2D eigenvalue weighted by Crippen LogP contribution is -2.20. The van der Waals surface area contributed by atoms with Crippen molar-refractivity contribution in [2.24, 2.45) is 17.8 Å². The zero-order valence-corrected chi connectivity index (χ0v) is 11.2. The number of aromatic nitrogens is 2. The second kappa shape index (κ2) is 4.23. The van der Waals surface area contributed by atoms with Gasteiger partial charge in [0.05, 0.1) is 5.69 Å². The van der Waals surface area contributed by atoms with Crippen molar-refractivity contribution in [3.63, 3.8) is 0 Å². The summed E-state index contributed by atoms with van der Waals surface area (Å²) in [6.45, 7) is 11.5. The quantitative estimate of drug-likeness (QED) is 0.811. The molecule has 0 saturated carbocycles. The van der Waals surface area contributed by atoms with Gasteiger partial charge >= 0.3 is 0 Å². The smallest absolute Gasteiger partial charge is 0.109 e. The molecule has 1 N–H and O–H groups in total. The molecule has 0 spiro atoms. The van der Waals surface area contributed by atoms with E-state index in [1.54, 1.807) is 0 Å². The number of aromatic amines is 1. The second-order valence-electron chi connectivity index (χ2n) is 5.94. The normalized spacial score (nSPS) is 26.9. The molecule has 2 heteroatoms. The van der Waals surface area contributed by atoms with Gasteiger partial charge in [0.2, 0.25) is 0 Å². The molecular formula is C14H24N2. The SMILES string of the molecule is CC(C)C(C)c1nc2c([nH]1)CC(C)C(C)C2. The molecule has 3 unspecified atom stereocenters. The zero-order chi connectivity index (χ0) is 11.9. The second-order valence-corrected chi connectivity index (χ2v) is 5.94. The van der Waals surface area contributed by atoms with E-state index in [2.05, 4.69) is 39.6 Å². The van der Waals surface area contributed by atoms with E-state index in [1.807, 2.05) is 0 Å². The van der Waals surface area contributed by atoms with Crippen LogP contribution in [0.5, 0.6) is 0 Å². The Morgan fingerprint density at radius 2 is 1.75 bits per heavy atom. The first-order valence-electron chi connectivity index (χ1n) is 6.56. The standard InChI is InChI=1S/C14H24N2/c1-8(2)11(5)14-15-12-6-9(3)10(4)7-13(12)16-14/h8-11H,6-7H2,1-5H3,(H,15,16). The molecule has 0 aromatic carbocycles. The van der Waals surface area contributed by atoms with E-state index < -0.39 is 0 Å².